The van der Waals surface area contributed by atoms with E-state index in [1.807, 2.05) is 0 Å². The number of aryl methyl sites for hydroxylation is 1. The minimum Gasteiger partial charge on any atom is -0.450 e. The number of carbonyl (C=O) groups excluding carboxylic acids is 2. The van der Waals surface area contributed by atoms with Crippen LogP contribution in [-0.4, -0.2) is 61.2 Å². The number of ether oxygens (including phenoxy) is 1. The summed E-state index contributed by atoms with van der Waals surface area (Å²) in [5.41, 5.74) is 1.21. The molecule has 0 unspecified atom stereocenters. The van der Waals surface area contributed by atoms with Crippen molar-refractivity contribution in [2.75, 3.05) is 44.6 Å². The Balaban J connectivity index is 1.83. The molecule has 25 heavy (non-hydrogen) atoms. The van der Waals surface area contributed by atoms with Gasteiger partial charge < -0.3 is 15.0 Å². The molecule has 1 aromatic carbocycles. The number of quaternary nitrogens is 1. The second kappa shape index (κ2) is 8.43. The number of nitrogens with one attached hydrogen (secondary N) is 2. The summed E-state index contributed by atoms with van der Waals surface area (Å²) in [6.45, 7) is 6.57. The third kappa shape index (κ3) is 5.15. The highest BCUT2D eigenvalue weighted by Gasteiger charge is 2.26. The standard InChI is InChI=1S/C16H22N4O5/c1-3-25-16(22)19-8-6-18(7-9-19)11-15(21)17-14-5-4-13(20(23)24)10-12(14)2/h4-5,10H,3,6-9,11H2,1-2H3,(H,17,21)/p+1. The lowest BCUT2D eigenvalue weighted by Gasteiger charge is -2.31. The van der Waals surface area contributed by atoms with Gasteiger partial charge >= 0.3 is 6.09 Å². The first-order chi connectivity index (χ1) is 11.9. The molecule has 136 valence electrons. The molecule has 1 fully saturated rings. The first kappa shape index (κ1) is 18.7. The predicted octanol–water partition coefficient (Wildman–Crippen LogP) is 0.199. The Labute approximate surface area is 145 Å². The first-order valence-corrected chi connectivity index (χ1v) is 8.21. The summed E-state index contributed by atoms with van der Waals surface area (Å²) in [5.74, 6) is -0.156. The lowest BCUT2D eigenvalue weighted by molar-refractivity contribution is -0.895. The van der Waals surface area contributed by atoms with Crippen molar-refractivity contribution in [3.63, 3.8) is 0 Å². The summed E-state index contributed by atoms with van der Waals surface area (Å²) in [6.07, 6.45) is -0.312. The number of rotatable bonds is 5. The van der Waals surface area contributed by atoms with Crippen molar-refractivity contribution in [1.29, 1.82) is 0 Å². The molecule has 0 aliphatic carbocycles. The van der Waals surface area contributed by atoms with E-state index >= 15 is 0 Å². The molecular formula is C16H23N4O5+. The van der Waals surface area contributed by atoms with Crippen LogP contribution in [-0.2, 0) is 9.53 Å². The summed E-state index contributed by atoms with van der Waals surface area (Å²) in [6, 6.07) is 4.34. The number of nitrogens with zero attached hydrogens (tertiary/aromatic N) is 2. The van der Waals surface area contributed by atoms with E-state index in [1.165, 1.54) is 12.1 Å². The van der Waals surface area contributed by atoms with Crippen molar-refractivity contribution in [2.24, 2.45) is 0 Å². The Morgan fingerprint density at radius 1 is 1.36 bits per heavy atom. The Bertz CT molecular complexity index is 656. The topological polar surface area (TPSA) is 106 Å². The number of hydrogen-bond acceptors (Lipinski definition) is 5. The number of hydrogen-bond donors (Lipinski definition) is 2. The number of piperazine rings is 1. The molecule has 0 radical (unpaired) electrons. The van der Waals surface area contributed by atoms with Gasteiger partial charge in [-0.05, 0) is 25.5 Å². The average molecular weight is 351 g/mol. The molecule has 2 amide bonds. The molecule has 2 rings (SSSR count). The van der Waals surface area contributed by atoms with Gasteiger partial charge in [-0.15, -0.1) is 0 Å². The van der Waals surface area contributed by atoms with Gasteiger partial charge in [-0.2, -0.15) is 0 Å². The van der Waals surface area contributed by atoms with Gasteiger partial charge in [0.1, 0.15) is 0 Å². The van der Waals surface area contributed by atoms with E-state index in [0.717, 1.165) is 4.90 Å². The van der Waals surface area contributed by atoms with Gasteiger partial charge in [0.25, 0.3) is 11.6 Å². The van der Waals surface area contributed by atoms with E-state index in [-0.39, 0.29) is 24.2 Å². The van der Waals surface area contributed by atoms with Gasteiger partial charge in [-0.1, -0.05) is 0 Å². The highest BCUT2D eigenvalue weighted by atomic mass is 16.6. The zero-order valence-corrected chi connectivity index (χ0v) is 14.4. The molecule has 0 aromatic heterocycles. The van der Waals surface area contributed by atoms with Crippen molar-refractivity contribution in [3.05, 3.63) is 33.9 Å². The molecule has 1 saturated heterocycles. The third-order valence-electron chi connectivity index (χ3n) is 4.10. The summed E-state index contributed by atoms with van der Waals surface area (Å²) < 4.78 is 4.97. The number of amides is 2. The van der Waals surface area contributed by atoms with Gasteiger partial charge in [-0.25, -0.2) is 4.79 Å². The van der Waals surface area contributed by atoms with Crippen LogP contribution in [0.4, 0.5) is 16.2 Å². The summed E-state index contributed by atoms with van der Waals surface area (Å²) in [4.78, 5) is 36.8. The number of nitro groups is 1. The highest BCUT2D eigenvalue weighted by Crippen LogP contribution is 2.20. The lowest BCUT2D eigenvalue weighted by atomic mass is 10.2. The van der Waals surface area contributed by atoms with Crippen molar-refractivity contribution in [3.8, 4) is 0 Å². The van der Waals surface area contributed by atoms with E-state index < -0.39 is 4.92 Å². The Morgan fingerprint density at radius 2 is 2.04 bits per heavy atom. The molecule has 9 nitrogen and oxygen atoms in total. The van der Waals surface area contributed by atoms with Gasteiger partial charge in [-0.3, -0.25) is 19.8 Å². The maximum absolute atomic E-state index is 12.2. The van der Waals surface area contributed by atoms with Crippen molar-refractivity contribution >= 4 is 23.4 Å². The normalized spacial score (nSPS) is 14.9. The largest absolute Gasteiger partial charge is 0.450 e. The molecule has 1 heterocycles. The van der Waals surface area contributed by atoms with E-state index in [1.54, 1.807) is 24.8 Å². The van der Waals surface area contributed by atoms with Crippen LogP contribution in [0.15, 0.2) is 18.2 Å². The monoisotopic (exact) mass is 351 g/mol. The minimum absolute atomic E-state index is 0.00351. The fraction of sp³-hybridized carbons (Fsp3) is 0.500. The van der Waals surface area contributed by atoms with Crippen LogP contribution in [0.1, 0.15) is 12.5 Å². The third-order valence-corrected chi connectivity index (χ3v) is 4.10. The highest BCUT2D eigenvalue weighted by molar-refractivity contribution is 5.92. The number of benzene rings is 1. The lowest BCUT2D eigenvalue weighted by Crippen LogP contribution is -3.15. The Morgan fingerprint density at radius 3 is 2.60 bits per heavy atom. The van der Waals surface area contributed by atoms with Gasteiger partial charge in [0.05, 0.1) is 37.7 Å². The van der Waals surface area contributed by atoms with E-state index in [0.29, 0.717) is 44.0 Å². The van der Waals surface area contributed by atoms with Crippen LogP contribution < -0.4 is 10.2 Å². The summed E-state index contributed by atoms with van der Waals surface area (Å²) in [5, 5.41) is 13.5. The van der Waals surface area contributed by atoms with Crippen LogP contribution in [0.25, 0.3) is 0 Å². The van der Waals surface area contributed by atoms with Crippen LogP contribution in [0.2, 0.25) is 0 Å². The van der Waals surface area contributed by atoms with Gasteiger partial charge in [0, 0.05) is 17.8 Å². The molecule has 0 atom stereocenters. The van der Waals surface area contributed by atoms with Crippen LogP contribution >= 0.6 is 0 Å². The molecule has 1 aliphatic heterocycles. The zero-order valence-electron chi connectivity index (χ0n) is 14.4. The predicted molar refractivity (Wildman–Crippen MR) is 90.6 cm³/mol. The number of carbonyl (C=O) groups is 2. The number of anilines is 1. The minimum atomic E-state index is -0.466. The second-order valence-electron chi connectivity index (χ2n) is 5.92. The van der Waals surface area contributed by atoms with Crippen LogP contribution in [0.3, 0.4) is 0 Å². The van der Waals surface area contributed by atoms with Crippen LogP contribution in [0, 0.1) is 17.0 Å². The molecular weight excluding hydrogens is 328 g/mol. The molecule has 0 spiro atoms. The molecule has 1 aromatic rings. The Kier molecular flexibility index (Phi) is 6.29. The molecule has 1 aliphatic rings. The number of nitro benzene ring substituents is 1. The summed E-state index contributed by atoms with van der Waals surface area (Å²) >= 11 is 0. The molecule has 0 saturated carbocycles. The zero-order chi connectivity index (χ0) is 18.4. The van der Waals surface area contributed by atoms with Gasteiger partial charge in [0.2, 0.25) is 0 Å². The maximum Gasteiger partial charge on any atom is 0.410 e. The van der Waals surface area contributed by atoms with Crippen molar-refractivity contribution < 1.29 is 24.1 Å². The smallest absolute Gasteiger partial charge is 0.410 e. The molecule has 9 heteroatoms. The van der Waals surface area contributed by atoms with E-state index in [2.05, 4.69) is 5.32 Å². The van der Waals surface area contributed by atoms with Gasteiger partial charge in [0.15, 0.2) is 6.54 Å². The Hall–Kier alpha value is -2.68. The van der Waals surface area contributed by atoms with Crippen LogP contribution in [0.5, 0.6) is 0 Å². The quantitative estimate of drug-likeness (QED) is 0.582. The van der Waals surface area contributed by atoms with E-state index in [9.17, 15) is 19.7 Å². The summed E-state index contributed by atoms with van der Waals surface area (Å²) in [7, 11) is 0. The fourth-order valence-electron chi connectivity index (χ4n) is 2.72. The SMILES string of the molecule is CCOC(=O)N1CC[NH+](CC(=O)Nc2ccc([N+](=O)[O-])cc2C)CC1. The molecule has 2 N–H and O–H groups in total. The second-order valence-corrected chi connectivity index (χ2v) is 5.92. The van der Waals surface area contributed by atoms with Crippen molar-refractivity contribution in [2.45, 2.75) is 13.8 Å². The number of non-ortho nitro benzene ring substituents is 1. The fourth-order valence-corrected chi connectivity index (χ4v) is 2.72. The molecule has 0 bridgehead atoms. The van der Waals surface area contributed by atoms with E-state index in [4.69, 9.17) is 4.74 Å². The van der Waals surface area contributed by atoms with Crippen molar-refractivity contribution in [1.82, 2.24) is 4.90 Å². The maximum atomic E-state index is 12.2. The average Bonchev–Trinajstić information content (AvgIpc) is 2.57. The first-order valence-electron chi connectivity index (χ1n) is 8.21.